The van der Waals surface area contributed by atoms with Gasteiger partial charge in [0.1, 0.15) is 0 Å². The first-order valence-electron chi connectivity index (χ1n) is 4.75. The highest BCUT2D eigenvalue weighted by Crippen LogP contribution is 2.31. The van der Waals surface area contributed by atoms with E-state index in [4.69, 9.17) is 0 Å². The van der Waals surface area contributed by atoms with Gasteiger partial charge in [-0.25, -0.2) is 13.2 Å². The van der Waals surface area contributed by atoms with Crippen molar-refractivity contribution < 1.29 is 22.7 Å². The number of halogens is 3. The first kappa shape index (κ1) is 12.5. The molecule has 0 fully saturated rings. The van der Waals surface area contributed by atoms with Crippen molar-refractivity contribution in [2.24, 2.45) is 0 Å². The third kappa shape index (κ3) is 2.53. The first-order valence-corrected chi connectivity index (χ1v) is 4.75. The Bertz CT molecular complexity index is 402. The number of esters is 1. The van der Waals surface area contributed by atoms with Crippen molar-refractivity contribution in [1.82, 2.24) is 0 Å². The summed E-state index contributed by atoms with van der Waals surface area (Å²) in [5.41, 5.74) is -0.592. The molecule has 1 aromatic carbocycles. The van der Waals surface area contributed by atoms with Crippen LogP contribution >= 0.6 is 0 Å². The van der Waals surface area contributed by atoms with Gasteiger partial charge < -0.3 is 4.74 Å². The molecule has 0 amide bonds. The summed E-state index contributed by atoms with van der Waals surface area (Å²) in [6.07, 6.45) is -2.88. The van der Waals surface area contributed by atoms with E-state index in [2.05, 4.69) is 4.74 Å². The smallest absolute Gasteiger partial charge is 0.310 e. The average Bonchev–Trinajstić information content (AvgIpc) is 2.21. The second-order valence-electron chi connectivity index (χ2n) is 3.24. The van der Waals surface area contributed by atoms with Crippen LogP contribution < -0.4 is 4.74 Å². The number of carbonyl (C=O) groups excluding carboxylic acids is 1. The molecular weight excluding hydrogens is 221 g/mol. The van der Waals surface area contributed by atoms with Gasteiger partial charge in [0, 0.05) is 6.42 Å². The fourth-order valence-electron chi connectivity index (χ4n) is 1.21. The minimum atomic E-state index is -2.93. The number of rotatable bonds is 3. The van der Waals surface area contributed by atoms with Gasteiger partial charge in [-0.15, -0.1) is 0 Å². The summed E-state index contributed by atoms with van der Waals surface area (Å²) in [4.78, 5) is 10.9. The third-order valence-corrected chi connectivity index (χ3v) is 2.09. The second kappa shape index (κ2) is 5.01. The Hall–Kier alpha value is -1.52. The molecule has 5 heteroatoms. The Labute approximate surface area is 91.0 Å². The molecule has 0 spiro atoms. The Morgan fingerprint density at radius 2 is 2.06 bits per heavy atom. The summed E-state index contributed by atoms with van der Waals surface area (Å²) >= 11 is 0. The van der Waals surface area contributed by atoms with Crippen LogP contribution in [0.4, 0.5) is 13.2 Å². The minimum Gasteiger partial charge on any atom is -0.423 e. The molecule has 0 atom stereocenters. The van der Waals surface area contributed by atoms with Gasteiger partial charge in [-0.2, -0.15) is 0 Å². The van der Waals surface area contributed by atoms with Gasteiger partial charge in [-0.3, -0.25) is 4.79 Å². The summed E-state index contributed by atoms with van der Waals surface area (Å²) in [5, 5.41) is 0. The zero-order valence-corrected chi connectivity index (χ0v) is 8.89. The van der Waals surface area contributed by atoms with E-state index in [1.54, 1.807) is 0 Å². The van der Waals surface area contributed by atoms with Crippen LogP contribution in [-0.2, 0) is 4.79 Å². The van der Waals surface area contributed by atoms with E-state index in [0.29, 0.717) is 0 Å². The van der Waals surface area contributed by atoms with Gasteiger partial charge in [-0.1, -0.05) is 13.0 Å². The lowest BCUT2D eigenvalue weighted by atomic mass is 10.1. The highest BCUT2D eigenvalue weighted by Gasteiger charge is 2.21. The van der Waals surface area contributed by atoms with Crippen LogP contribution in [0.3, 0.4) is 0 Å². The summed E-state index contributed by atoms with van der Waals surface area (Å²) in [5.74, 6) is -2.28. The molecule has 0 aliphatic rings. The lowest BCUT2D eigenvalue weighted by Crippen LogP contribution is -2.08. The molecule has 0 heterocycles. The zero-order chi connectivity index (χ0) is 12.3. The van der Waals surface area contributed by atoms with Crippen LogP contribution in [0.5, 0.6) is 5.75 Å². The van der Waals surface area contributed by atoms with E-state index in [-0.39, 0.29) is 12.0 Å². The maximum Gasteiger partial charge on any atom is 0.310 e. The Morgan fingerprint density at radius 3 is 2.56 bits per heavy atom. The molecule has 0 saturated heterocycles. The van der Waals surface area contributed by atoms with Crippen molar-refractivity contribution in [1.29, 1.82) is 0 Å². The van der Waals surface area contributed by atoms with E-state index in [1.165, 1.54) is 26.0 Å². The quantitative estimate of drug-likeness (QED) is 0.589. The van der Waals surface area contributed by atoms with Crippen molar-refractivity contribution in [3.05, 3.63) is 29.1 Å². The number of benzene rings is 1. The normalized spacial score (nSPS) is 10.6. The number of hydrogen-bond acceptors (Lipinski definition) is 2. The summed E-state index contributed by atoms with van der Waals surface area (Å²) in [7, 11) is 0. The topological polar surface area (TPSA) is 26.3 Å². The van der Waals surface area contributed by atoms with Gasteiger partial charge in [0.25, 0.3) is 6.43 Å². The van der Waals surface area contributed by atoms with Gasteiger partial charge >= 0.3 is 5.97 Å². The fraction of sp³-hybridized carbons (Fsp3) is 0.364. The molecule has 0 aromatic heterocycles. The van der Waals surface area contributed by atoms with Crippen LogP contribution in [0.2, 0.25) is 0 Å². The molecule has 0 aliphatic carbocycles. The molecule has 1 rings (SSSR count). The zero-order valence-electron chi connectivity index (χ0n) is 8.89. The standard InChI is InChI=1S/C11H11F3O2/c1-3-8(15)16-7-5-4-6(2)9(10(7)12)11(13)14/h4-5,11H,3H2,1-2H3. The van der Waals surface area contributed by atoms with Gasteiger partial charge in [-0.05, 0) is 18.6 Å². The molecule has 88 valence electrons. The molecular formula is C11H11F3O2. The summed E-state index contributed by atoms with van der Waals surface area (Å²) in [6, 6.07) is 2.47. The SMILES string of the molecule is CCC(=O)Oc1ccc(C)c(C(F)F)c1F. The number of hydrogen-bond donors (Lipinski definition) is 0. The minimum absolute atomic E-state index is 0.0529. The molecule has 0 N–H and O–H groups in total. The van der Waals surface area contributed by atoms with Gasteiger partial charge in [0.2, 0.25) is 0 Å². The van der Waals surface area contributed by atoms with Crippen LogP contribution in [0.15, 0.2) is 12.1 Å². The summed E-state index contributed by atoms with van der Waals surface area (Å²) < 4.78 is 43.1. The largest absolute Gasteiger partial charge is 0.423 e. The number of carbonyl (C=O) groups is 1. The predicted octanol–water partition coefficient (Wildman–Crippen LogP) is 3.39. The Kier molecular flexibility index (Phi) is 3.93. The van der Waals surface area contributed by atoms with Crippen molar-refractivity contribution in [2.75, 3.05) is 0 Å². The van der Waals surface area contributed by atoms with E-state index in [0.717, 1.165) is 0 Å². The Balaban J connectivity index is 3.13. The second-order valence-corrected chi connectivity index (χ2v) is 3.24. The highest BCUT2D eigenvalue weighted by atomic mass is 19.3. The third-order valence-electron chi connectivity index (χ3n) is 2.09. The number of aryl methyl sites for hydroxylation is 1. The lowest BCUT2D eigenvalue weighted by molar-refractivity contribution is -0.134. The molecule has 0 bridgehead atoms. The van der Waals surface area contributed by atoms with Crippen molar-refractivity contribution >= 4 is 5.97 Å². The van der Waals surface area contributed by atoms with E-state index in [1.807, 2.05) is 0 Å². The molecule has 0 radical (unpaired) electrons. The first-order chi connectivity index (χ1) is 7.47. The van der Waals surface area contributed by atoms with Crippen LogP contribution in [0.25, 0.3) is 0 Å². The monoisotopic (exact) mass is 232 g/mol. The van der Waals surface area contributed by atoms with Crippen molar-refractivity contribution in [2.45, 2.75) is 26.7 Å². The summed E-state index contributed by atoms with van der Waals surface area (Å²) in [6.45, 7) is 2.90. The maximum absolute atomic E-state index is 13.5. The molecule has 1 aromatic rings. The average molecular weight is 232 g/mol. The molecule has 2 nitrogen and oxygen atoms in total. The fourth-order valence-corrected chi connectivity index (χ4v) is 1.21. The van der Waals surface area contributed by atoms with Crippen LogP contribution in [-0.4, -0.2) is 5.97 Å². The predicted molar refractivity (Wildman–Crippen MR) is 52.0 cm³/mol. The van der Waals surface area contributed by atoms with E-state index >= 15 is 0 Å². The molecule has 0 aliphatic heterocycles. The van der Waals surface area contributed by atoms with Gasteiger partial charge in [0.05, 0.1) is 5.56 Å². The molecule has 16 heavy (non-hydrogen) atoms. The van der Waals surface area contributed by atoms with Gasteiger partial charge in [0.15, 0.2) is 11.6 Å². The number of alkyl halides is 2. The van der Waals surface area contributed by atoms with E-state index < -0.39 is 29.5 Å². The van der Waals surface area contributed by atoms with Crippen LogP contribution in [0.1, 0.15) is 30.9 Å². The maximum atomic E-state index is 13.5. The van der Waals surface area contributed by atoms with Crippen molar-refractivity contribution in [3.8, 4) is 5.75 Å². The Morgan fingerprint density at radius 1 is 1.44 bits per heavy atom. The molecule has 0 saturated carbocycles. The van der Waals surface area contributed by atoms with Crippen molar-refractivity contribution in [3.63, 3.8) is 0 Å². The lowest BCUT2D eigenvalue weighted by Gasteiger charge is -2.10. The number of ether oxygens (including phenoxy) is 1. The highest BCUT2D eigenvalue weighted by molar-refractivity contribution is 5.72. The van der Waals surface area contributed by atoms with Crippen LogP contribution in [0, 0.1) is 12.7 Å². The van der Waals surface area contributed by atoms with E-state index in [9.17, 15) is 18.0 Å². The molecule has 0 unspecified atom stereocenters.